The van der Waals surface area contributed by atoms with Crippen molar-refractivity contribution in [2.24, 2.45) is 0 Å². The molecule has 2 rings (SSSR count). The molecule has 2 N–H and O–H groups in total. The summed E-state index contributed by atoms with van der Waals surface area (Å²) in [5, 5.41) is 13.9. The molecule has 1 aromatic carbocycles. The number of carbonyl (C=O) groups is 1. The number of hydrogen-bond acceptors (Lipinski definition) is 4. The molecule has 0 saturated heterocycles. The second-order valence-electron chi connectivity index (χ2n) is 4.97. The number of hydrogen-bond donors (Lipinski definition) is 2. The fraction of sp³-hybridized carbons (Fsp3) is 0.375. The number of aromatic nitrogens is 1. The molecule has 2 aromatic rings. The van der Waals surface area contributed by atoms with Crippen LogP contribution in [-0.4, -0.2) is 22.5 Å². The van der Waals surface area contributed by atoms with Gasteiger partial charge in [0.05, 0.1) is 23.2 Å². The molecule has 5 heteroatoms. The molecule has 1 amide bonds. The van der Waals surface area contributed by atoms with Crippen LogP contribution in [0.4, 0.5) is 0 Å². The number of carbonyl (C=O) groups excluding carboxylic acids is 1. The lowest BCUT2D eigenvalue weighted by Gasteiger charge is -2.11. The summed E-state index contributed by atoms with van der Waals surface area (Å²) in [7, 11) is 0. The monoisotopic (exact) mass is 304 g/mol. The SMILES string of the molecule is Cc1nc(C)c(CCNC(=O)CC(O)c2ccccc2)s1. The van der Waals surface area contributed by atoms with Gasteiger partial charge in [0.15, 0.2) is 0 Å². The summed E-state index contributed by atoms with van der Waals surface area (Å²) in [5.41, 5.74) is 1.80. The molecule has 0 aliphatic carbocycles. The van der Waals surface area contributed by atoms with E-state index in [1.165, 1.54) is 4.88 Å². The van der Waals surface area contributed by atoms with E-state index < -0.39 is 6.10 Å². The van der Waals surface area contributed by atoms with E-state index in [0.29, 0.717) is 6.54 Å². The Morgan fingerprint density at radius 3 is 2.67 bits per heavy atom. The van der Waals surface area contributed by atoms with Gasteiger partial charge in [-0.05, 0) is 19.4 Å². The Labute approximate surface area is 128 Å². The van der Waals surface area contributed by atoms with Crippen molar-refractivity contribution in [1.29, 1.82) is 0 Å². The smallest absolute Gasteiger partial charge is 0.222 e. The summed E-state index contributed by atoms with van der Waals surface area (Å²) in [5.74, 6) is -0.134. The topological polar surface area (TPSA) is 62.2 Å². The Hall–Kier alpha value is -1.72. The average Bonchev–Trinajstić information content (AvgIpc) is 2.78. The molecule has 1 heterocycles. The van der Waals surface area contributed by atoms with Crippen molar-refractivity contribution in [3.05, 3.63) is 51.5 Å². The lowest BCUT2D eigenvalue weighted by molar-refractivity contribution is -0.123. The van der Waals surface area contributed by atoms with E-state index in [-0.39, 0.29) is 12.3 Å². The first-order valence-electron chi connectivity index (χ1n) is 6.99. The highest BCUT2D eigenvalue weighted by molar-refractivity contribution is 7.11. The Kier molecular flexibility index (Phi) is 5.47. The maximum atomic E-state index is 11.8. The van der Waals surface area contributed by atoms with Crippen LogP contribution < -0.4 is 5.32 Å². The first-order valence-corrected chi connectivity index (χ1v) is 7.80. The van der Waals surface area contributed by atoms with Gasteiger partial charge in [-0.2, -0.15) is 0 Å². The summed E-state index contributed by atoms with van der Waals surface area (Å²) < 4.78 is 0. The Morgan fingerprint density at radius 1 is 1.33 bits per heavy atom. The number of rotatable bonds is 6. The van der Waals surface area contributed by atoms with Gasteiger partial charge < -0.3 is 10.4 Å². The lowest BCUT2D eigenvalue weighted by Crippen LogP contribution is -2.27. The van der Waals surface area contributed by atoms with Crippen LogP contribution in [-0.2, 0) is 11.2 Å². The zero-order valence-corrected chi connectivity index (χ0v) is 13.1. The van der Waals surface area contributed by atoms with Crippen molar-refractivity contribution in [1.82, 2.24) is 10.3 Å². The molecule has 0 bridgehead atoms. The molecule has 1 atom stereocenters. The number of nitrogens with zero attached hydrogens (tertiary/aromatic N) is 1. The van der Waals surface area contributed by atoms with Gasteiger partial charge in [-0.25, -0.2) is 4.98 Å². The van der Waals surface area contributed by atoms with Crippen LogP contribution in [0.5, 0.6) is 0 Å². The van der Waals surface area contributed by atoms with E-state index >= 15 is 0 Å². The summed E-state index contributed by atoms with van der Waals surface area (Å²) in [4.78, 5) is 17.4. The molecule has 4 nitrogen and oxygen atoms in total. The number of amides is 1. The molecular formula is C16H20N2O2S. The Bertz CT molecular complexity index is 596. The standard InChI is InChI=1S/C16H20N2O2S/c1-11-15(21-12(2)18-11)8-9-17-16(20)10-14(19)13-6-4-3-5-7-13/h3-7,14,19H,8-10H2,1-2H3,(H,17,20). The number of aliphatic hydroxyl groups is 1. The third kappa shape index (κ3) is 4.65. The van der Waals surface area contributed by atoms with Gasteiger partial charge in [0.1, 0.15) is 0 Å². The number of aryl methyl sites for hydroxylation is 2. The zero-order valence-electron chi connectivity index (χ0n) is 12.3. The van der Waals surface area contributed by atoms with Gasteiger partial charge in [-0.1, -0.05) is 30.3 Å². The van der Waals surface area contributed by atoms with Crippen LogP contribution in [0.3, 0.4) is 0 Å². The van der Waals surface area contributed by atoms with Crippen molar-refractivity contribution in [2.45, 2.75) is 32.8 Å². The molecule has 0 radical (unpaired) electrons. The molecule has 0 aliphatic heterocycles. The van der Waals surface area contributed by atoms with Gasteiger partial charge in [-0.15, -0.1) is 11.3 Å². The molecule has 0 spiro atoms. The van der Waals surface area contributed by atoms with E-state index in [1.807, 2.05) is 44.2 Å². The number of benzene rings is 1. The maximum Gasteiger partial charge on any atom is 0.222 e. The fourth-order valence-corrected chi connectivity index (χ4v) is 3.10. The fourth-order valence-electron chi connectivity index (χ4n) is 2.16. The maximum absolute atomic E-state index is 11.8. The van der Waals surface area contributed by atoms with Gasteiger partial charge in [0.25, 0.3) is 0 Å². The molecule has 21 heavy (non-hydrogen) atoms. The highest BCUT2D eigenvalue weighted by Gasteiger charge is 2.12. The molecular weight excluding hydrogens is 284 g/mol. The highest BCUT2D eigenvalue weighted by atomic mass is 32.1. The average molecular weight is 304 g/mol. The van der Waals surface area contributed by atoms with Crippen LogP contribution in [0.25, 0.3) is 0 Å². The number of nitrogens with one attached hydrogen (secondary N) is 1. The minimum absolute atomic E-state index is 0.0880. The molecule has 0 aliphatic rings. The van der Waals surface area contributed by atoms with E-state index in [2.05, 4.69) is 10.3 Å². The third-order valence-corrected chi connectivity index (χ3v) is 4.37. The summed E-state index contributed by atoms with van der Waals surface area (Å²) >= 11 is 1.66. The second kappa shape index (κ2) is 7.33. The van der Waals surface area contributed by atoms with Crippen LogP contribution in [0.15, 0.2) is 30.3 Å². The highest BCUT2D eigenvalue weighted by Crippen LogP contribution is 2.18. The predicted molar refractivity (Wildman–Crippen MR) is 84.3 cm³/mol. The largest absolute Gasteiger partial charge is 0.388 e. The summed E-state index contributed by atoms with van der Waals surface area (Å²) in [6.45, 7) is 4.54. The van der Waals surface area contributed by atoms with Crippen molar-refractivity contribution in [2.75, 3.05) is 6.54 Å². The van der Waals surface area contributed by atoms with Gasteiger partial charge in [0.2, 0.25) is 5.91 Å². The lowest BCUT2D eigenvalue weighted by atomic mass is 10.1. The quantitative estimate of drug-likeness (QED) is 0.862. The minimum Gasteiger partial charge on any atom is -0.388 e. The molecule has 0 saturated carbocycles. The van der Waals surface area contributed by atoms with Crippen molar-refractivity contribution >= 4 is 17.2 Å². The van der Waals surface area contributed by atoms with Crippen LogP contribution >= 0.6 is 11.3 Å². The number of thiazole rings is 1. The van der Waals surface area contributed by atoms with Crippen LogP contribution in [0, 0.1) is 13.8 Å². The third-order valence-electron chi connectivity index (χ3n) is 3.24. The van der Waals surface area contributed by atoms with Crippen molar-refractivity contribution in [3.8, 4) is 0 Å². The first kappa shape index (κ1) is 15.7. The Morgan fingerprint density at radius 2 is 2.05 bits per heavy atom. The van der Waals surface area contributed by atoms with Crippen molar-refractivity contribution < 1.29 is 9.90 Å². The van der Waals surface area contributed by atoms with Crippen LogP contribution in [0.1, 0.15) is 33.7 Å². The van der Waals surface area contributed by atoms with Crippen LogP contribution in [0.2, 0.25) is 0 Å². The van der Waals surface area contributed by atoms with E-state index in [1.54, 1.807) is 11.3 Å². The molecule has 1 unspecified atom stereocenters. The summed E-state index contributed by atoms with van der Waals surface area (Å²) in [6, 6.07) is 9.23. The van der Waals surface area contributed by atoms with E-state index in [4.69, 9.17) is 0 Å². The minimum atomic E-state index is -0.751. The zero-order chi connectivity index (χ0) is 15.2. The predicted octanol–water partition coefficient (Wildman–Crippen LogP) is 2.54. The second-order valence-corrected chi connectivity index (χ2v) is 6.26. The van der Waals surface area contributed by atoms with Gasteiger partial charge in [-0.3, -0.25) is 4.79 Å². The van der Waals surface area contributed by atoms with Crippen molar-refractivity contribution in [3.63, 3.8) is 0 Å². The molecule has 1 aromatic heterocycles. The first-order chi connectivity index (χ1) is 10.1. The van der Waals surface area contributed by atoms with Gasteiger partial charge >= 0.3 is 0 Å². The number of aliphatic hydroxyl groups excluding tert-OH is 1. The normalized spacial score (nSPS) is 12.1. The molecule has 112 valence electrons. The Balaban J connectivity index is 1.76. The summed E-state index contributed by atoms with van der Waals surface area (Å²) in [6.07, 6.45) is 0.119. The van der Waals surface area contributed by atoms with Gasteiger partial charge in [0, 0.05) is 17.8 Å². The van der Waals surface area contributed by atoms with E-state index in [9.17, 15) is 9.90 Å². The van der Waals surface area contributed by atoms with E-state index in [0.717, 1.165) is 22.7 Å². The molecule has 0 fully saturated rings.